The number of hydrogen-bond acceptors (Lipinski definition) is 6. The van der Waals surface area contributed by atoms with Crippen molar-refractivity contribution in [2.24, 2.45) is 0 Å². The molecular formula is C13H14N6S. The highest BCUT2D eigenvalue weighted by molar-refractivity contribution is 7.09. The third-order valence-electron chi connectivity index (χ3n) is 3.45. The average molecular weight is 286 g/mol. The van der Waals surface area contributed by atoms with Crippen molar-refractivity contribution in [3.8, 4) is 0 Å². The number of fused-ring (bicyclic) bond motifs is 1. The summed E-state index contributed by atoms with van der Waals surface area (Å²) in [6.45, 7) is 2.06. The standard InChI is InChI=1S/C13H14N6S/c1-8(12-17-16-10-4-2-3-7-19(10)12)14-13-15-11(18-20-13)9-5-6-9/h2-4,7-9H,5-6H2,1H3,(H,14,15,18). The van der Waals surface area contributed by atoms with Crippen molar-refractivity contribution in [2.45, 2.75) is 31.7 Å². The number of anilines is 1. The maximum absolute atomic E-state index is 4.54. The van der Waals surface area contributed by atoms with E-state index in [4.69, 9.17) is 0 Å². The van der Waals surface area contributed by atoms with E-state index in [1.807, 2.05) is 28.8 Å². The van der Waals surface area contributed by atoms with Crippen molar-refractivity contribution in [2.75, 3.05) is 5.32 Å². The van der Waals surface area contributed by atoms with Crippen LogP contribution < -0.4 is 5.32 Å². The molecule has 0 aliphatic heterocycles. The molecule has 3 heterocycles. The summed E-state index contributed by atoms with van der Waals surface area (Å²) in [5.74, 6) is 2.45. The third kappa shape index (κ3) is 2.03. The molecular weight excluding hydrogens is 272 g/mol. The van der Waals surface area contributed by atoms with Crippen LogP contribution in [0.3, 0.4) is 0 Å². The van der Waals surface area contributed by atoms with Gasteiger partial charge in [-0.05, 0) is 31.9 Å². The zero-order valence-corrected chi connectivity index (χ0v) is 11.8. The Balaban J connectivity index is 1.58. The van der Waals surface area contributed by atoms with E-state index in [-0.39, 0.29) is 6.04 Å². The number of hydrogen-bond donors (Lipinski definition) is 1. The Morgan fingerprint density at radius 1 is 1.35 bits per heavy atom. The minimum absolute atomic E-state index is 0.0346. The Bertz CT molecular complexity index is 744. The highest BCUT2D eigenvalue weighted by Gasteiger charge is 2.28. The Morgan fingerprint density at radius 3 is 3.10 bits per heavy atom. The predicted octanol–water partition coefficient (Wildman–Crippen LogP) is 2.63. The van der Waals surface area contributed by atoms with Crippen molar-refractivity contribution in [3.63, 3.8) is 0 Å². The van der Waals surface area contributed by atoms with Crippen LogP contribution in [-0.4, -0.2) is 24.0 Å². The minimum Gasteiger partial charge on any atom is -0.351 e. The van der Waals surface area contributed by atoms with E-state index in [1.54, 1.807) is 0 Å². The molecule has 1 atom stereocenters. The first-order chi connectivity index (χ1) is 9.81. The number of nitrogens with zero attached hydrogens (tertiary/aromatic N) is 5. The van der Waals surface area contributed by atoms with Gasteiger partial charge in [0.2, 0.25) is 5.13 Å². The molecule has 3 aromatic rings. The van der Waals surface area contributed by atoms with Crippen LogP contribution in [-0.2, 0) is 0 Å². The molecule has 0 bridgehead atoms. The zero-order valence-electron chi connectivity index (χ0n) is 11.0. The van der Waals surface area contributed by atoms with Crippen molar-refractivity contribution >= 4 is 22.3 Å². The van der Waals surface area contributed by atoms with E-state index in [2.05, 4.69) is 31.8 Å². The topological polar surface area (TPSA) is 68.0 Å². The van der Waals surface area contributed by atoms with E-state index < -0.39 is 0 Å². The smallest absolute Gasteiger partial charge is 0.203 e. The lowest BCUT2D eigenvalue weighted by Crippen LogP contribution is -2.10. The second-order valence-electron chi connectivity index (χ2n) is 5.09. The molecule has 3 aromatic heterocycles. The van der Waals surface area contributed by atoms with Crippen molar-refractivity contribution in [1.29, 1.82) is 0 Å². The fourth-order valence-electron chi connectivity index (χ4n) is 2.21. The molecule has 0 amide bonds. The van der Waals surface area contributed by atoms with Gasteiger partial charge in [0.05, 0.1) is 6.04 Å². The summed E-state index contributed by atoms with van der Waals surface area (Å²) in [5, 5.41) is 12.6. The van der Waals surface area contributed by atoms with Crippen molar-refractivity contribution in [1.82, 2.24) is 24.0 Å². The monoisotopic (exact) mass is 286 g/mol. The number of nitrogens with one attached hydrogen (secondary N) is 1. The molecule has 4 rings (SSSR count). The van der Waals surface area contributed by atoms with E-state index in [0.717, 1.165) is 22.4 Å². The average Bonchev–Trinajstić information content (AvgIpc) is 3.06. The quantitative estimate of drug-likeness (QED) is 0.798. The Hall–Kier alpha value is -2.02. The van der Waals surface area contributed by atoms with Crippen LogP contribution in [0.15, 0.2) is 24.4 Å². The number of aromatic nitrogens is 5. The maximum atomic E-state index is 4.54. The molecule has 1 aliphatic carbocycles. The molecule has 1 aliphatic rings. The zero-order chi connectivity index (χ0) is 13.5. The lowest BCUT2D eigenvalue weighted by Gasteiger charge is -2.10. The molecule has 0 radical (unpaired) electrons. The van der Waals surface area contributed by atoms with E-state index in [9.17, 15) is 0 Å². The van der Waals surface area contributed by atoms with Crippen LogP contribution in [0.25, 0.3) is 5.65 Å². The van der Waals surface area contributed by atoms with Gasteiger partial charge in [0.15, 0.2) is 11.5 Å². The van der Waals surface area contributed by atoms with Gasteiger partial charge >= 0.3 is 0 Å². The summed E-state index contributed by atoms with van der Waals surface area (Å²) in [7, 11) is 0. The summed E-state index contributed by atoms with van der Waals surface area (Å²) < 4.78 is 6.39. The van der Waals surface area contributed by atoms with Gasteiger partial charge in [0.25, 0.3) is 0 Å². The third-order valence-corrected chi connectivity index (χ3v) is 4.11. The maximum Gasteiger partial charge on any atom is 0.203 e. The van der Waals surface area contributed by atoms with Crippen molar-refractivity contribution < 1.29 is 0 Å². The lowest BCUT2D eigenvalue weighted by molar-refractivity contribution is 0.770. The normalized spacial score (nSPS) is 16.4. The Kier molecular flexibility index (Phi) is 2.66. The number of pyridine rings is 1. The van der Waals surface area contributed by atoms with Gasteiger partial charge in [0.1, 0.15) is 5.82 Å². The summed E-state index contributed by atoms with van der Waals surface area (Å²) in [6, 6.07) is 5.91. The molecule has 6 nitrogen and oxygen atoms in total. The second-order valence-corrected chi connectivity index (χ2v) is 5.84. The Morgan fingerprint density at radius 2 is 2.25 bits per heavy atom. The minimum atomic E-state index is 0.0346. The van der Waals surface area contributed by atoms with E-state index >= 15 is 0 Å². The lowest BCUT2D eigenvalue weighted by atomic mass is 10.3. The first-order valence-corrected chi connectivity index (χ1v) is 7.48. The van der Waals surface area contributed by atoms with E-state index in [0.29, 0.717) is 5.92 Å². The molecule has 0 saturated heterocycles. The van der Waals surface area contributed by atoms with Crippen LogP contribution in [0, 0.1) is 0 Å². The van der Waals surface area contributed by atoms with Gasteiger partial charge in [-0.1, -0.05) is 6.07 Å². The van der Waals surface area contributed by atoms with Gasteiger partial charge in [-0.2, -0.15) is 4.37 Å². The molecule has 1 N–H and O–H groups in total. The van der Waals surface area contributed by atoms with Gasteiger partial charge in [0, 0.05) is 23.6 Å². The van der Waals surface area contributed by atoms with Crippen LogP contribution in [0.1, 0.15) is 43.4 Å². The van der Waals surface area contributed by atoms with Gasteiger partial charge in [-0.15, -0.1) is 10.2 Å². The van der Waals surface area contributed by atoms with Gasteiger partial charge in [-0.25, -0.2) is 4.98 Å². The van der Waals surface area contributed by atoms with Crippen LogP contribution in [0.5, 0.6) is 0 Å². The first-order valence-electron chi connectivity index (χ1n) is 6.71. The van der Waals surface area contributed by atoms with Gasteiger partial charge in [-0.3, -0.25) is 4.40 Å². The summed E-state index contributed by atoms with van der Waals surface area (Å²) in [6.07, 6.45) is 4.42. The molecule has 0 aromatic carbocycles. The molecule has 20 heavy (non-hydrogen) atoms. The highest BCUT2D eigenvalue weighted by Crippen LogP contribution is 2.39. The first kappa shape index (κ1) is 11.8. The summed E-state index contributed by atoms with van der Waals surface area (Å²) in [5.41, 5.74) is 0.854. The van der Waals surface area contributed by atoms with Crippen molar-refractivity contribution in [3.05, 3.63) is 36.0 Å². The molecule has 1 saturated carbocycles. The van der Waals surface area contributed by atoms with Crippen LogP contribution in [0.2, 0.25) is 0 Å². The number of rotatable bonds is 4. The molecule has 1 fully saturated rings. The molecule has 7 heteroatoms. The fourth-order valence-corrected chi connectivity index (χ4v) is 2.94. The van der Waals surface area contributed by atoms with Crippen LogP contribution >= 0.6 is 11.5 Å². The van der Waals surface area contributed by atoms with Crippen LogP contribution in [0.4, 0.5) is 5.13 Å². The molecule has 102 valence electrons. The van der Waals surface area contributed by atoms with E-state index in [1.165, 1.54) is 24.4 Å². The molecule has 1 unspecified atom stereocenters. The van der Waals surface area contributed by atoms with Gasteiger partial charge < -0.3 is 5.32 Å². The summed E-state index contributed by atoms with van der Waals surface area (Å²) >= 11 is 1.42. The highest BCUT2D eigenvalue weighted by atomic mass is 32.1. The second kappa shape index (κ2) is 4.52. The molecule has 0 spiro atoms. The predicted molar refractivity (Wildman–Crippen MR) is 76.9 cm³/mol. The largest absolute Gasteiger partial charge is 0.351 e. The summed E-state index contributed by atoms with van der Waals surface area (Å²) in [4.78, 5) is 4.54. The Labute approximate surface area is 120 Å². The fraction of sp³-hybridized carbons (Fsp3) is 0.385. The SMILES string of the molecule is CC(Nc1nc(C2CC2)ns1)c1nnc2ccccn12.